The van der Waals surface area contributed by atoms with Crippen molar-refractivity contribution < 1.29 is 14.3 Å². The van der Waals surface area contributed by atoms with Gasteiger partial charge in [-0.05, 0) is 38.8 Å². The SMILES string of the molecule is CC(C)(C)OC(=O)N(Cc1ccccc1)[C@@]1(C)CO[C@H]1c1ccccc1. The highest BCUT2D eigenvalue weighted by Crippen LogP contribution is 2.44. The van der Waals surface area contributed by atoms with Crippen LogP contribution in [-0.4, -0.2) is 28.7 Å². The van der Waals surface area contributed by atoms with E-state index in [1.54, 1.807) is 0 Å². The van der Waals surface area contributed by atoms with Crippen molar-refractivity contribution in [2.45, 2.75) is 51.5 Å². The van der Waals surface area contributed by atoms with Crippen LogP contribution < -0.4 is 0 Å². The predicted molar refractivity (Wildman–Crippen MR) is 102 cm³/mol. The van der Waals surface area contributed by atoms with Crippen molar-refractivity contribution in [2.75, 3.05) is 6.61 Å². The van der Waals surface area contributed by atoms with E-state index in [9.17, 15) is 4.79 Å². The summed E-state index contributed by atoms with van der Waals surface area (Å²) in [5.41, 5.74) is 1.13. The van der Waals surface area contributed by atoms with Gasteiger partial charge in [0.15, 0.2) is 0 Å². The summed E-state index contributed by atoms with van der Waals surface area (Å²) in [6.45, 7) is 8.71. The zero-order valence-electron chi connectivity index (χ0n) is 15.9. The molecular weight excluding hydrogens is 326 g/mol. The Kier molecular flexibility index (Phi) is 5.05. The van der Waals surface area contributed by atoms with Gasteiger partial charge in [-0.1, -0.05) is 60.7 Å². The molecule has 0 spiro atoms. The summed E-state index contributed by atoms with van der Waals surface area (Å²) in [5.74, 6) is 0. The molecule has 1 aliphatic rings. The molecule has 1 saturated heterocycles. The van der Waals surface area contributed by atoms with Gasteiger partial charge in [0.05, 0.1) is 12.1 Å². The van der Waals surface area contributed by atoms with Gasteiger partial charge >= 0.3 is 6.09 Å². The van der Waals surface area contributed by atoms with Crippen LogP contribution in [0.1, 0.15) is 44.9 Å². The number of nitrogens with zero attached hydrogens (tertiary/aromatic N) is 1. The number of carbonyl (C=O) groups excluding carboxylic acids is 1. The molecular formula is C22H27NO3. The van der Waals surface area contributed by atoms with Crippen LogP contribution in [0, 0.1) is 0 Å². The second-order valence-corrected chi connectivity index (χ2v) is 8.01. The molecule has 4 heteroatoms. The Bertz CT molecular complexity index is 739. The van der Waals surface area contributed by atoms with Crippen LogP contribution in [0.3, 0.4) is 0 Å². The molecule has 0 aromatic heterocycles. The maximum absolute atomic E-state index is 13.0. The van der Waals surface area contributed by atoms with Crippen molar-refractivity contribution in [3.63, 3.8) is 0 Å². The quantitative estimate of drug-likeness (QED) is 0.780. The first-order valence-corrected chi connectivity index (χ1v) is 9.01. The lowest BCUT2D eigenvalue weighted by molar-refractivity contribution is -0.194. The number of ether oxygens (including phenoxy) is 2. The Morgan fingerprint density at radius 1 is 1.12 bits per heavy atom. The standard InChI is InChI=1S/C22H27NO3/c1-21(2,3)26-20(24)23(15-17-11-7-5-8-12-17)22(4)16-25-19(22)18-13-9-6-10-14-18/h5-14,19H,15-16H2,1-4H3/t19-,22-/m0/s1. The minimum Gasteiger partial charge on any atom is -0.444 e. The summed E-state index contributed by atoms with van der Waals surface area (Å²) in [6, 6.07) is 20.0. The van der Waals surface area contributed by atoms with Crippen molar-refractivity contribution in [1.29, 1.82) is 0 Å². The monoisotopic (exact) mass is 353 g/mol. The van der Waals surface area contributed by atoms with Crippen LogP contribution >= 0.6 is 0 Å². The molecule has 1 amide bonds. The van der Waals surface area contributed by atoms with Gasteiger partial charge in [0.1, 0.15) is 11.7 Å². The van der Waals surface area contributed by atoms with Crippen molar-refractivity contribution in [1.82, 2.24) is 4.90 Å². The summed E-state index contributed by atoms with van der Waals surface area (Å²) in [4.78, 5) is 14.8. The number of hydrogen-bond acceptors (Lipinski definition) is 3. The summed E-state index contributed by atoms with van der Waals surface area (Å²) in [5, 5.41) is 0. The Morgan fingerprint density at radius 2 is 1.69 bits per heavy atom. The van der Waals surface area contributed by atoms with E-state index in [-0.39, 0.29) is 12.2 Å². The summed E-state index contributed by atoms with van der Waals surface area (Å²) in [7, 11) is 0. The molecule has 2 aromatic rings. The Morgan fingerprint density at radius 3 is 2.19 bits per heavy atom. The minimum absolute atomic E-state index is 0.167. The number of amides is 1. The zero-order valence-corrected chi connectivity index (χ0v) is 15.9. The first kappa shape index (κ1) is 18.5. The zero-order chi connectivity index (χ0) is 18.8. The molecule has 0 saturated carbocycles. The van der Waals surface area contributed by atoms with E-state index < -0.39 is 11.1 Å². The lowest BCUT2D eigenvalue weighted by atomic mass is 9.83. The van der Waals surface area contributed by atoms with Gasteiger partial charge in [0.25, 0.3) is 0 Å². The minimum atomic E-state index is -0.546. The fraction of sp³-hybridized carbons (Fsp3) is 0.409. The molecule has 26 heavy (non-hydrogen) atoms. The molecule has 0 N–H and O–H groups in total. The van der Waals surface area contributed by atoms with E-state index in [1.165, 1.54) is 0 Å². The number of benzene rings is 2. The van der Waals surface area contributed by atoms with Gasteiger partial charge in [-0.2, -0.15) is 0 Å². The van der Waals surface area contributed by atoms with Gasteiger partial charge in [-0.25, -0.2) is 4.79 Å². The van der Waals surface area contributed by atoms with E-state index in [0.717, 1.165) is 11.1 Å². The van der Waals surface area contributed by atoms with E-state index in [1.807, 2.05) is 86.3 Å². The third kappa shape index (κ3) is 3.91. The summed E-state index contributed by atoms with van der Waals surface area (Å²) >= 11 is 0. The van der Waals surface area contributed by atoms with Gasteiger partial charge in [-0.15, -0.1) is 0 Å². The first-order valence-electron chi connectivity index (χ1n) is 9.01. The highest BCUT2D eigenvalue weighted by molar-refractivity contribution is 5.70. The van der Waals surface area contributed by atoms with Crippen molar-refractivity contribution >= 4 is 6.09 Å². The average Bonchev–Trinajstić information content (AvgIpc) is 2.58. The Hall–Kier alpha value is -2.33. The van der Waals surface area contributed by atoms with E-state index in [2.05, 4.69) is 6.92 Å². The van der Waals surface area contributed by atoms with Crippen molar-refractivity contribution in [2.24, 2.45) is 0 Å². The van der Waals surface area contributed by atoms with Gasteiger partial charge < -0.3 is 9.47 Å². The van der Waals surface area contributed by atoms with Crippen LogP contribution in [0.4, 0.5) is 4.79 Å². The predicted octanol–water partition coefficient (Wildman–Crippen LogP) is 4.95. The van der Waals surface area contributed by atoms with Crippen molar-refractivity contribution in [3.05, 3.63) is 71.8 Å². The Balaban J connectivity index is 1.90. The molecule has 2 aromatic carbocycles. The van der Waals surface area contributed by atoms with Crippen LogP contribution in [0.5, 0.6) is 0 Å². The largest absolute Gasteiger partial charge is 0.444 e. The third-order valence-corrected chi connectivity index (χ3v) is 4.62. The second kappa shape index (κ2) is 7.12. The molecule has 1 aliphatic heterocycles. The van der Waals surface area contributed by atoms with Gasteiger partial charge in [0.2, 0.25) is 0 Å². The number of rotatable bonds is 4. The highest BCUT2D eigenvalue weighted by atomic mass is 16.6. The molecule has 138 valence electrons. The normalized spacial score (nSPS) is 22.4. The maximum atomic E-state index is 13.0. The van der Waals surface area contributed by atoms with Crippen LogP contribution in [0.2, 0.25) is 0 Å². The molecule has 0 unspecified atom stereocenters. The lowest BCUT2D eigenvalue weighted by Gasteiger charge is -2.53. The van der Waals surface area contributed by atoms with Gasteiger partial charge in [-0.3, -0.25) is 4.90 Å². The molecule has 0 radical (unpaired) electrons. The third-order valence-electron chi connectivity index (χ3n) is 4.62. The summed E-state index contributed by atoms with van der Waals surface area (Å²) in [6.07, 6.45) is -0.479. The fourth-order valence-corrected chi connectivity index (χ4v) is 3.25. The number of hydrogen-bond donors (Lipinski definition) is 0. The maximum Gasteiger partial charge on any atom is 0.411 e. The molecule has 0 aliphatic carbocycles. The van der Waals surface area contributed by atoms with E-state index >= 15 is 0 Å². The molecule has 2 atom stereocenters. The average molecular weight is 353 g/mol. The van der Waals surface area contributed by atoms with Crippen molar-refractivity contribution in [3.8, 4) is 0 Å². The van der Waals surface area contributed by atoms with Crippen LogP contribution in [-0.2, 0) is 16.0 Å². The molecule has 3 rings (SSSR count). The molecule has 0 bridgehead atoms. The second-order valence-electron chi connectivity index (χ2n) is 8.01. The van der Waals surface area contributed by atoms with Crippen LogP contribution in [0.15, 0.2) is 60.7 Å². The number of carbonyl (C=O) groups is 1. The highest BCUT2D eigenvalue weighted by Gasteiger charge is 2.52. The van der Waals surface area contributed by atoms with Gasteiger partial charge in [0, 0.05) is 6.54 Å². The smallest absolute Gasteiger partial charge is 0.411 e. The summed E-state index contributed by atoms with van der Waals surface area (Å²) < 4.78 is 11.6. The lowest BCUT2D eigenvalue weighted by Crippen LogP contribution is -2.63. The van der Waals surface area contributed by atoms with Crippen LogP contribution in [0.25, 0.3) is 0 Å². The van der Waals surface area contributed by atoms with E-state index in [0.29, 0.717) is 13.2 Å². The Labute approximate surface area is 155 Å². The molecule has 4 nitrogen and oxygen atoms in total. The first-order chi connectivity index (χ1) is 12.3. The topological polar surface area (TPSA) is 38.8 Å². The fourth-order valence-electron chi connectivity index (χ4n) is 3.25. The van der Waals surface area contributed by atoms with E-state index in [4.69, 9.17) is 9.47 Å². The molecule has 1 fully saturated rings. The molecule has 1 heterocycles.